The molecule has 1 amide bonds. The number of amides is 1. The summed E-state index contributed by atoms with van der Waals surface area (Å²) >= 11 is 0. The molecule has 0 bridgehead atoms. The zero-order valence-electron chi connectivity index (χ0n) is 20.2. The summed E-state index contributed by atoms with van der Waals surface area (Å²) in [7, 11) is 0. The van der Waals surface area contributed by atoms with Crippen molar-refractivity contribution in [2.45, 2.75) is 25.7 Å². The van der Waals surface area contributed by atoms with E-state index in [0.717, 1.165) is 17.9 Å². The first kappa shape index (κ1) is 26.2. The molecule has 1 unspecified atom stereocenters. The molecule has 10 heteroatoms. The summed E-state index contributed by atoms with van der Waals surface area (Å²) in [5, 5.41) is 0. The topological polar surface area (TPSA) is 88.8 Å². The van der Waals surface area contributed by atoms with Crippen LogP contribution in [0.5, 0.6) is 5.75 Å². The molecule has 4 rings (SSSR count). The molecule has 1 saturated heterocycles. The van der Waals surface area contributed by atoms with Crippen molar-refractivity contribution in [2.75, 3.05) is 31.9 Å². The number of hydrogen-bond donors (Lipinski definition) is 1. The van der Waals surface area contributed by atoms with Crippen LogP contribution in [0.1, 0.15) is 28.4 Å². The predicted octanol–water partition coefficient (Wildman–Crippen LogP) is 4.27. The standard InChI is InChI=1S/C27H27F3N4O3/c1-18(16-35)33-10-12-34(13-11-33)26(36)20-8-6-19(7-9-20)22-14-24(25(31)32-15-22)37-17-21-4-2-3-5-23(21)27(28,29)30/h2-9,14-16,18H,10-13,17H2,1H3,(H2,31,32). The summed E-state index contributed by atoms with van der Waals surface area (Å²) in [6.45, 7) is 3.87. The predicted molar refractivity (Wildman–Crippen MR) is 133 cm³/mol. The van der Waals surface area contributed by atoms with E-state index in [1.165, 1.54) is 24.4 Å². The molecule has 37 heavy (non-hydrogen) atoms. The lowest BCUT2D eigenvalue weighted by Gasteiger charge is -2.36. The van der Waals surface area contributed by atoms with Crippen LogP contribution in [0, 0.1) is 0 Å². The quantitative estimate of drug-likeness (QED) is 0.476. The van der Waals surface area contributed by atoms with Gasteiger partial charge in [0.2, 0.25) is 0 Å². The highest BCUT2D eigenvalue weighted by atomic mass is 19.4. The Morgan fingerprint density at radius 2 is 1.76 bits per heavy atom. The van der Waals surface area contributed by atoms with Gasteiger partial charge in [0.15, 0.2) is 11.6 Å². The van der Waals surface area contributed by atoms with Gasteiger partial charge in [0, 0.05) is 49.1 Å². The fourth-order valence-corrected chi connectivity index (χ4v) is 4.21. The van der Waals surface area contributed by atoms with Gasteiger partial charge < -0.3 is 20.2 Å². The van der Waals surface area contributed by atoms with Gasteiger partial charge in [0.1, 0.15) is 12.9 Å². The fourth-order valence-electron chi connectivity index (χ4n) is 4.21. The molecule has 2 aromatic carbocycles. The average Bonchev–Trinajstić information content (AvgIpc) is 2.91. The van der Waals surface area contributed by atoms with E-state index < -0.39 is 11.7 Å². The lowest BCUT2D eigenvalue weighted by molar-refractivity contribution is -0.138. The SMILES string of the molecule is CC(C=O)N1CCN(C(=O)c2ccc(-c3cnc(N)c(OCc4ccccc4C(F)(F)F)c3)cc2)CC1. The van der Waals surface area contributed by atoms with E-state index >= 15 is 0 Å². The third-order valence-corrected chi connectivity index (χ3v) is 6.43. The number of ether oxygens (including phenoxy) is 1. The van der Waals surface area contributed by atoms with Gasteiger partial charge in [-0.1, -0.05) is 30.3 Å². The number of benzene rings is 2. The first-order valence-electron chi connectivity index (χ1n) is 11.8. The summed E-state index contributed by atoms with van der Waals surface area (Å²) in [6.07, 6.45) is -2.05. The minimum Gasteiger partial charge on any atom is -0.485 e. The number of nitrogens with two attached hydrogens (primary N) is 1. The number of carbonyl (C=O) groups is 2. The van der Waals surface area contributed by atoms with Crippen molar-refractivity contribution in [1.29, 1.82) is 0 Å². The average molecular weight is 513 g/mol. The molecular weight excluding hydrogens is 485 g/mol. The van der Waals surface area contributed by atoms with Crippen molar-refractivity contribution in [3.8, 4) is 16.9 Å². The van der Waals surface area contributed by atoms with E-state index in [-0.39, 0.29) is 35.7 Å². The van der Waals surface area contributed by atoms with Gasteiger partial charge in [-0.05, 0) is 36.8 Å². The van der Waals surface area contributed by atoms with Crippen LogP contribution < -0.4 is 10.5 Å². The molecule has 1 fully saturated rings. The number of hydrogen-bond acceptors (Lipinski definition) is 6. The molecule has 1 aromatic heterocycles. The highest BCUT2D eigenvalue weighted by Gasteiger charge is 2.33. The van der Waals surface area contributed by atoms with Crippen molar-refractivity contribution in [3.63, 3.8) is 0 Å². The van der Waals surface area contributed by atoms with Crippen molar-refractivity contribution in [3.05, 3.63) is 77.5 Å². The normalized spacial score (nSPS) is 15.3. The molecule has 0 radical (unpaired) electrons. The molecule has 0 aliphatic carbocycles. The van der Waals surface area contributed by atoms with Crippen LogP contribution in [0.2, 0.25) is 0 Å². The van der Waals surface area contributed by atoms with E-state index in [9.17, 15) is 22.8 Å². The number of piperazine rings is 1. The Labute approximate surface area is 212 Å². The second-order valence-corrected chi connectivity index (χ2v) is 8.83. The zero-order valence-corrected chi connectivity index (χ0v) is 20.2. The summed E-state index contributed by atoms with van der Waals surface area (Å²) < 4.78 is 45.5. The van der Waals surface area contributed by atoms with Gasteiger partial charge in [-0.15, -0.1) is 0 Å². The molecule has 0 saturated carbocycles. The largest absolute Gasteiger partial charge is 0.485 e. The summed E-state index contributed by atoms with van der Waals surface area (Å²) in [5.41, 5.74) is 7.05. The minimum absolute atomic E-state index is 0.0101. The first-order chi connectivity index (χ1) is 17.7. The Hall–Kier alpha value is -3.92. The second-order valence-electron chi connectivity index (χ2n) is 8.83. The van der Waals surface area contributed by atoms with E-state index in [1.54, 1.807) is 35.2 Å². The van der Waals surface area contributed by atoms with E-state index in [1.807, 2.05) is 11.8 Å². The third-order valence-electron chi connectivity index (χ3n) is 6.43. The van der Waals surface area contributed by atoms with Crippen molar-refractivity contribution >= 4 is 18.0 Å². The van der Waals surface area contributed by atoms with Gasteiger partial charge in [0.25, 0.3) is 5.91 Å². The molecule has 1 atom stereocenters. The van der Waals surface area contributed by atoms with E-state index in [4.69, 9.17) is 10.5 Å². The highest BCUT2D eigenvalue weighted by Crippen LogP contribution is 2.33. The maximum Gasteiger partial charge on any atom is 0.416 e. The summed E-state index contributed by atoms with van der Waals surface area (Å²) in [5.74, 6) is 0.132. The number of anilines is 1. The van der Waals surface area contributed by atoms with E-state index in [0.29, 0.717) is 37.3 Å². The summed E-state index contributed by atoms with van der Waals surface area (Å²) in [6, 6.07) is 13.6. The number of aldehydes is 1. The van der Waals surface area contributed by atoms with Gasteiger partial charge in [-0.2, -0.15) is 13.2 Å². The number of rotatable bonds is 7. The van der Waals surface area contributed by atoms with Gasteiger partial charge in [-0.3, -0.25) is 9.69 Å². The van der Waals surface area contributed by atoms with Crippen molar-refractivity contribution in [1.82, 2.24) is 14.8 Å². The number of halogens is 3. The number of aromatic nitrogens is 1. The van der Waals surface area contributed by atoms with Gasteiger partial charge >= 0.3 is 6.18 Å². The van der Waals surface area contributed by atoms with Crippen molar-refractivity contribution in [2.24, 2.45) is 0 Å². The fraction of sp³-hybridized carbons (Fsp3) is 0.296. The van der Waals surface area contributed by atoms with Gasteiger partial charge in [0.05, 0.1) is 11.6 Å². The molecule has 3 aromatic rings. The lowest BCUT2D eigenvalue weighted by atomic mass is 10.0. The Balaban J connectivity index is 1.44. The second kappa shape index (κ2) is 11.0. The lowest BCUT2D eigenvalue weighted by Crippen LogP contribution is -2.51. The molecule has 0 spiro atoms. The van der Waals surface area contributed by atoms with Crippen LogP contribution in [0.3, 0.4) is 0 Å². The summed E-state index contributed by atoms with van der Waals surface area (Å²) in [4.78, 5) is 31.8. The molecule has 7 nitrogen and oxygen atoms in total. The molecule has 194 valence electrons. The minimum atomic E-state index is -4.49. The van der Waals surface area contributed by atoms with Crippen LogP contribution in [-0.2, 0) is 17.6 Å². The van der Waals surface area contributed by atoms with E-state index in [2.05, 4.69) is 4.98 Å². The number of pyridine rings is 1. The first-order valence-corrected chi connectivity index (χ1v) is 11.8. The van der Waals surface area contributed by atoms with Crippen LogP contribution in [-0.4, -0.2) is 59.2 Å². The molecule has 1 aliphatic heterocycles. The number of nitrogens with zero attached hydrogens (tertiary/aromatic N) is 3. The third kappa shape index (κ3) is 6.08. The highest BCUT2D eigenvalue weighted by molar-refractivity contribution is 5.94. The Kier molecular flexibility index (Phi) is 7.77. The number of nitrogen functional groups attached to an aromatic ring is 1. The van der Waals surface area contributed by atoms with Crippen LogP contribution in [0.4, 0.5) is 19.0 Å². The van der Waals surface area contributed by atoms with Crippen LogP contribution in [0.15, 0.2) is 60.8 Å². The zero-order chi connectivity index (χ0) is 26.6. The molecular formula is C27H27F3N4O3. The maximum atomic E-state index is 13.3. The number of alkyl halides is 3. The number of carbonyl (C=O) groups excluding carboxylic acids is 2. The van der Waals surface area contributed by atoms with Crippen LogP contribution in [0.25, 0.3) is 11.1 Å². The van der Waals surface area contributed by atoms with Gasteiger partial charge in [-0.25, -0.2) is 4.98 Å². The molecule has 2 heterocycles. The Bertz CT molecular complexity index is 1260. The Morgan fingerprint density at radius 3 is 2.41 bits per heavy atom. The maximum absolute atomic E-state index is 13.3. The van der Waals surface area contributed by atoms with Crippen molar-refractivity contribution < 1.29 is 27.5 Å². The van der Waals surface area contributed by atoms with Crippen LogP contribution >= 0.6 is 0 Å². The monoisotopic (exact) mass is 512 g/mol. The Morgan fingerprint density at radius 1 is 1.08 bits per heavy atom. The smallest absolute Gasteiger partial charge is 0.416 e. The molecule has 1 aliphatic rings. The molecule has 2 N–H and O–H groups in total.